The molecule has 0 aromatic carbocycles. The van der Waals surface area contributed by atoms with Crippen molar-refractivity contribution >= 4 is 39.3 Å². The van der Waals surface area contributed by atoms with Crippen molar-refractivity contribution in [3.63, 3.8) is 0 Å². The van der Waals surface area contributed by atoms with Crippen molar-refractivity contribution < 1.29 is 37.4 Å². The van der Waals surface area contributed by atoms with Crippen LogP contribution in [-0.4, -0.2) is 46.6 Å². The Kier molecular flexibility index (Phi) is 5.86. The van der Waals surface area contributed by atoms with E-state index in [2.05, 4.69) is 9.47 Å². The van der Waals surface area contributed by atoms with Gasteiger partial charge in [-0.15, -0.1) is 11.3 Å². The lowest BCUT2D eigenvalue weighted by Gasteiger charge is -2.14. The Morgan fingerprint density at radius 2 is 1.70 bits per heavy atom. The number of rotatable bonds is 6. The maximum absolute atomic E-state index is 12.3. The predicted octanol–water partition coefficient (Wildman–Crippen LogP) is -0.954. The summed E-state index contributed by atoms with van der Waals surface area (Å²) < 4.78 is 35.0. The van der Waals surface area contributed by atoms with Crippen LogP contribution in [0.5, 0.6) is 0 Å². The van der Waals surface area contributed by atoms with E-state index in [0.29, 0.717) is 11.3 Å². The second-order valence-electron chi connectivity index (χ2n) is 4.36. The van der Waals surface area contributed by atoms with E-state index in [1.807, 2.05) is 4.72 Å². The monoisotopic (exact) mass is 364 g/mol. The molecule has 0 saturated heterocycles. The van der Waals surface area contributed by atoms with Crippen LogP contribution in [0.1, 0.15) is 32.5 Å². The van der Waals surface area contributed by atoms with Gasteiger partial charge in [0.05, 0.1) is 31.8 Å². The van der Waals surface area contributed by atoms with Gasteiger partial charge in [0.1, 0.15) is 4.88 Å². The van der Waals surface area contributed by atoms with Crippen LogP contribution in [0.4, 0.5) is 0 Å². The van der Waals surface area contributed by atoms with Gasteiger partial charge in [0.25, 0.3) is 10.0 Å². The number of carboxylic acids is 1. The smallest absolute Gasteiger partial charge is 0.348 e. The molecule has 128 valence electrons. The highest BCUT2D eigenvalue weighted by Gasteiger charge is 2.33. The maximum atomic E-state index is 12.3. The molecule has 1 atom stereocenters. The highest BCUT2D eigenvalue weighted by atomic mass is 32.2. The number of hydrogen-bond acceptors (Lipinski definition) is 9. The van der Waals surface area contributed by atoms with E-state index in [4.69, 9.17) is 0 Å². The van der Waals surface area contributed by atoms with Gasteiger partial charge in [0.15, 0.2) is 4.21 Å². The van der Waals surface area contributed by atoms with Crippen LogP contribution in [0.2, 0.25) is 0 Å². The van der Waals surface area contributed by atoms with E-state index < -0.39 is 38.2 Å². The fraction of sp³-hybridized carbons (Fsp3) is 0.417. The minimum atomic E-state index is -4.39. The lowest BCUT2D eigenvalue weighted by atomic mass is 10.2. The molecule has 0 saturated carbocycles. The number of esters is 2. The van der Waals surface area contributed by atoms with Crippen molar-refractivity contribution in [3.8, 4) is 0 Å². The lowest BCUT2D eigenvalue weighted by molar-refractivity contribution is -0.307. The molecule has 0 spiro atoms. The molecule has 1 aromatic rings. The van der Waals surface area contributed by atoms with Crippen LogP contribution < -0.4 is 9.83 Å². The van der Waals surface area contributed by atoms with Crippen LogP contribution in [0, 0.1) is 6.92 Å². The Balaban J connectivity index is 3.53. The zero-order valence-corrected chi connectivity index (χ0v) is 14.3. The third-order valence-corrected chi connectivity index (χ3v) is 6.14. The zero-order chi connectivity index (χ0) is 17.9. The number of nitrogens with one attached hydrogen (secondary N) is 1. The number of hydrogen-bond donors (Lipinski definition) is 1. The molecule has 11 heteroatoms. The number of aliphatic carboxylic acids is 1. The third-order valence-electron chi connectivity index (χ3n) is 2.80. The highest BCUT2D eigenvalue weighted by molar-refractivity contribution is 7.91. The van der Waals surface area contributed by atoms with Crippen LogP contribution in [0.3, 0.4) is 0 Å². The number of carboxylic acid groups (broad SMARTS) is 1. The van der Waals surface area contributed by atoms with Crippen molar-refractivity contribution in [1.29, 1.82) is 0 Å². The first kappa shape index (κ1) is 19.1. The van der Waals surface area contributed by atoms with Crippen molar-refractivity contribution in [3.05, 3.63) is 16.0 Å². The second kappa shape index (κ2) is 7.06. The molecular formula is C12H14NO8S2-. The Labute approximate surface area is 136 Å². The summed E-state index contributed by atoms with van der Waals surface area (Å²) in [5.74, 6) is -3.45. The summed E-state index contributed by atoms with van der Waals surface area (Å²) in [5, 5.41) is 10.7. The van der Waals surface area contributed by atoms with Crippen molar-refractivity contribution in [2.45, 2.75) is 24.1 Å². The average Bonchev–Trinajstić information content (AvgIpc) is 2.83. The fourth-order valence-corrected chi connectivity index (χ4v) is 4.59. The Hall–Kier alpha value is -1.98. The number of ether oxygens (including phenoxy) is 2. The summed E-state index contributed by atoms with van der Waals surface area (Å²) in [6, 6.07) is -1.53. The van der Waals surface area contributed by atoms with Crippen molar-refractivity contribution in [2.24, 2.45) is 0 Å². The molecule has 0 fully saturated rings. The third kappa shape index (κ3) is 3.86. The van der Waals surface area contributed by atoms with Gasteiger partial charge in [-0.3, -0.25) is 0 Å². The molecule has 1 N–H and O–H groups in total. The lowest BCUT2D eigenvalue weighted by Crippen LogP contribution is -2.45. The first-order chi connectivity index (χ1) is 10.6. The van der Waals surface area contributed by atoms with Crippen LogP contribution in [-0.2, 0) is 24.3 Å². The molecule has 0 unspecified atom stereocenters. The summed E-state index contributed by atoms with van der Waals surface area (Å²) in [4.78, 5) is 34.1. The van der Waals surface area contributed by atoms with Gasteiger partial charge in [-0.2, -0.15) is 0 Å². The summed E-state index contributed by atoms with van der Waals surface area (Å²) in [6.45, 7) is 2.42. The summed E-state index contributed by atoms with van der Waals surface area (Å²) in [7, 11) is -2.25. The molecule has 23 heavy (non-hydrogen) atoms. The molecule has 0 aliphatic rings. The van der Waals surface area contributed by atoms with Gasteiger partial charge in [-0.05, 0) is 19.4 Å². The van der Waals surface area contributed by atoms with Gasteiger partial charge in [0, 0.05) is 0 Å². The van der Waals surface area contributed by atoms with E-state index in [-0.39, 0.29) is 16.0 Å². The van der Waals surface area contributed by atoms with E-state index >= 15 is 0 Å². The predicted molar refractivity (Wildman–Crippen MR) is 76.5 cm³/mol. The molecular weight excluding hydrogens is 350 g/mol. The van der Waals surface area contributed by atoms with E-state index in [9.17, 15) is 27.9 Å². The van der Waals surface area contributed by atoms with Crippen LogP contribution in [0.25, 0.3) is 0 Å². The largest absolute Gasteiger partial charge is 0.548 e. The molecule has 0 aliphatic heterocycles. The Morgan fingerprint density at radius 3 is 2.13 bits per heavy atom. The van der Waals surface area contributed by atoms with Gasteiger partial charge in [-0.1, -0.05) is 0 Å². The van der Waals surface area contributed by atoms with Gasteiger partial charge >= 0.3 is 11.9 Å². The number of sulfonamides is 1. The minimum Gasteiger partial charge on any atom is -0.548 e. The standard InChI is InChI=1S/C12H15NO8S2/c1-5-7(10(16)20-3)12(22-8(5)11(17)21-4)23(18,19)13-6(2)9(14)15/h6,13H,1-4H3,(H,14,15)/p-1/t6-/m1/s1. The van der Waals surface area contributed by atoms with E-state index in [0.717, 1.165) is 21.1 Å². The molecule has 0 radical (unpaired) electrons. The number of methoxy groups -OCH3 is 2. The van der Waals surface area contributed by atoms with E-state index in [1.54, 1.807) is 0 Å². The summed E-state index contributed by atoms with van der Waals surface area (Å²) >= 11 is 0.484. The first-order valence-electron chi connectivity index (χ1n) is 6.10. The maximum Gasteiger partial charge on any atom is 0.348 e. The molecule has 1 rings (SSSR count). The summed E-state index contributed by atoms with van der Waals surface area (Å²) in [6.07, 6.45) is 0. The normalized spacial score (nSPS) is 12.5. The zero-order valence-electron chi connectivity index (χ0n) is 12.7. The Bertz CT molecular complexity index is 749. The Morgan fingerprint density at radius 1 is 1.17 bits per heavy atom. The first-order valence-corrected chi connectivity index (χ1v) is 8.40. The van der Waals surface area contributed by atoms with Crippen LogP contribution in [0.15, 0.2) is 4.21 Å². The quantitative estimate of drug-likeness (QED) is 0.637. The number of thiophene rings is 1. The molecule has 1 heterocycles. The molecule has 0 amide bonds. The molecule has 0 bridgehead atoms. The fourth-order valence-electron chi connectivity index (χ4n) is 1.64. The molecule has 9 nitrogen and oxygen atoms in total. The average molecular weight is 364 g/mol. The molecule has 1 aromatic heterocycles. The van der Waals surface area contributed by atoms with Gasteiger partial charge in [-0.25, -0.2) is 22.7 Å². The minimum absolute atomic E-state index is 0.0650. The van der Waals surface area contributed by atoms with Gasteiger partial charge < -0.3 is 19.4 Å². The number of carbonyl (C=O) groups excluding carboxylic acids is 3. The molecule has 0 aliphatic carbocycles. The summed E-state index contributed by atoms with van der Waals surface area (Å²) in [5.41, 5.74) is -0.286. The van der Waals surface area contributed by atoms with Crippen LogP contribution >= 0.6 is 11.3 Å². The number of carbonyl (C=O) groups is 3. The van der Waals surface area contributed by atoms with Crippen molar-refractivity contribution in [2.75, 3.05) is 14.2 Å². The highest BCUT2D eigenvalue weighted by Crippen LogP contribution is 2.33. The second-order valence-corrected chi connectivity index (χ2v) is 7.29. The van der Waals surface area contributed by atoms with Gasteiger partial charge in [0.2, 0.25) is 0 Å². The van der Waals surface area contributed by atoms with E-state index in [1.165, 1.54) is 6.92 Å². The SMILES string of the molecule is COC(=O)c1sc(S(=O)(=O)N[C@H](C)C(=O)[O-])c(C(=O)OC)c1C. The topological polar surface area (TPSA) is 139 Å². The van der Waals surface area contributed by atoms with Crippen molar-refractivity contribution in [1.82, 2.24) is 4.72 Å².